The second-order valence-corrected chi connectivity index (χ2v) is 5.30. The first kappa shape index (κ1) is 15.2. The van der Waals surface area contributed by atoms with Crippen LogP contribution in [-0.4, -0.2) is 27.2 Å². The summed E-state index contributed by atoms with van der Waals surface area (Å²) in [6.45, 7) is 0.430. The number of nitrogens with zero attached hydrogens (tertiary/aromatic N) is 3. The van der Waals surface area contributed by atoms with E-state index in [4.69, 9.17) is 0 Å². The van der Waals surface area contributed by atoms with Crippen LogP contribution in [0.2, 0.25) is 0 Å². The van der Waals surface area contributed by atoms with E-state index < -0.39 is 4.92 Å². The maximum atomic E-state index is 12.1. The van der Waals surface area contributed by atoms with Crippen LogP contribution in [0.3, 0.4) is 0 Å². The third-order valence-corrected chi connectivity index (χ3v) is 3.55. The maximum absolute atomic E-state index is 12.1. The summed E-state index contributed by atoms with van der Waals surface area (Å²) in [6.07, 6.45) is 4.25. The number of hydrogen-bond donors (Lipinski definition) is 1. The average Bonchev–Trinajstić information content (AvgIpc) is 2.84. The summed E-state index contributed by atoms with van der Waals surface area (Å²) in [4.78, 5) is 22.3. The summed E-state index contributed by atoms with van der Waals surface area (Å²) in [6, 6.07) is 4.09. The van der Waals surface area contributed by atoms with Crippen LogP contribution in [0.1, 0.15) is 15.9 Å². The van der Waals surface area contributed by atoms with Gasteiger partial charge in [0.05, 0.1) is 16.7 Å². The molecular weight excluding hydrogens is 340 g/mol. The number of carbonyl (C=O) groups is 1. The van der Waals surface area contributed by atoms with Gasteiger partial charge in [-0.15, -0.1) is 0 Å². The van der Waals surface area contributed by atoms with Gasteiger partial charge in [-0.1, -0.05) is 0 Å². The van der Waals surface area contributed by atoms with E-state index in [1.54, 1.807) is 10.9 Å². The predicted molar refractivity (Wildman–Crippen MR) is 80.0 cm³/mol. The van der Waals surface area contributed by atoms with Gasteiger partial charge < -0.3 is 5.32 Å². The highest BCUT2D eigenvalue weighted by molar-refractivity contribution is 9.10. The quantitative estimate of drug-likeness (QED) is 0.658. The maximum Gasteiger partial charge on any atom is 0.270 e. The van der Waals surface area contributed by atoms with Crippen LogP contribution in [0.15, 0.2) is 35.1 Å². The fourth-order valence-corrected chi connectivity index (χ4v) is 2.24. The van der Waals surface area contributed by atoms with E-state index in [-0.39, 0.29) is 17.2 Å². The van der Waals surface area contributed by atoms with Gasteiger partial charge in [0.2, 0.25) is 0 Å². The number of amides is 1. The molecule has 1 heterocycles. The zero-order chi connectivity index (χ0) is 15.4. The third-order valence-electron chi connectivity index (χ3n) is 2.86. The molecule has 0 atom stereocenters. The number of non-ortho nitro benzene ring substituents is 1. The van der Waals surface area contributed by atoms with Gasteiger partial charge in [0.15, 0.2) is 0 Å². The first-order valence-corrected chi connectivity index (χ1v) is 6.96. The lowest BCUT2D eigenvalue weighted by atomic mass is 10.2. The number of aryl methyl sites for hydroxylation is 1. The topological polar surface area (TPSA) is 90.1 Å². The van der Waals surface area contributed by atoms with Crippen molar-refractivity contribution >= 4 is 27.5 Å². The highest BCUT2D eigenvalue weighted by atomic mass is 79.9. The minimum atomic E-state index is -0.529. The standard InChI is InChI=1S/C13H13BrN4O3/c1-17-8-9(7-16-17)4-5-15-13(19)11-6-10(18(20)21)2-3-12(11)14/h2-3,6-8H,4-5H2,1H3,(H,15,19). The molecule has 7 nitrogen and oxygen atoms in total. The smallest absolute Gasteiger partial charge is 0.270 e. The van der Waals surface area contributed by atoms with Crippen molar-refractivity contribution in [3.8, 4) is 0 Å². The Balaban J connectivity index is 1.99. The summed E-state index contributed by atoms with van der Waals surface area (Å²) in [5, 5.41) is 17.5. The molecular formula is C13H13BrN4O3. The number of carbonyl (C=O) groups excluding carboxylic acids is 1. The van der Waals surface area contributed by atoms with Crippen molar-refractivity contribution in [1.29, 1.82) is 0 Å². The second-order valence-electron chi connectivity index (χ2n) is 4.45. The van der Waals surface area contributed by atoms with Crippen molar-refractivity contribution < 1.29 is 9.72 Å². The van der Waals surface area contributed by atoms with E-state index in [1.807, 2.05) is 13.2 Å². The minimum absolute atomic E-state index is 0.115. The van der Waals surface area contributed by atoms with Crippen LogP contribution in [0, 0.1) is 10.1 Å². The van der Waals surface area contributed by atoms with Gasteiger partial charge >= 0.3 is 0 Å². The Labute approximate surface area is 129 Å². The molecule has 2 rings (SSSR count). The van der Waals surface area contributed by atoms with E-state index in [0.29, 0.717) is 17.4 Å². The first-order valence-electron chi connectivity index (χ1n) is 6.17. The SMILES string of the molecule is Cn1cc(CCNC(=O)c2cc([N+](=O)[O-])ccc2Br)cn1. The number of nitro groups is 1. The normalized spacial score (nSPS) is 10.4. The van der Waals surface area contributed by atoms with Crippen molar-refractivity contribution in [2.75, 3.05) is 6.54 Å². The fourth-order valence-electron chi connectivity index (χ4n) is 1.82. The van der Waals surface area contributed by atoms with Gasteiger partial charge in [-0.05, 0) is 34.0 Å². The summed E-state index contributed by atoms with van der Waals surface area (Å²) in [7, 11) is 1.82. The second kappa shape index (κ2) is 6.49. The Morgan fingerprint density at radius 3 is 2.90 bits per heavy atom. The molecule has 0 bridgehead atoms. The molecule has 8 heteroatoms. The monoisotopic (exact) mass is 352 g/mol. The lowest BCUT2D eigenvalue weighted by molar-refractivity contribution is -0.384. The summed E-state index contributed by atoms with van der Waals surface area (Å²) in [5.74, 6) is -0.352. The molecule has 0 fully saturated rings. The molecule has 0 radical (unpaired) electrons. The number of benzene rings is 1. The Kier molecular flexibility index (Phi) is 4.69. The van der Waals surface area contributed by atoms with E-state index in [0.717, 1.165) is 5.56 Å². The van der Waals surface area contributed by atoms with Crippen molar-refractivity contribution in [2.45, 2.75) is 6.42 Å². The number of nitrogens with one attached hydrogen (secondary N) is 1. The fraction of sp³-hybridized carbons (Fsp3) is 0.231. The van der Waals surface area contributed by atoms with E-state index in [2.05, 4.69) is 26.3 Å². The molecule has 0 saturated carbocycles. The van der Waals surface area contributed by atoms with Gasteiger partial charge in [-0.25, -0.2) is 0 Å². The summed E-state index contributed by atoms with van der Waals surface area (Å²) < 4.78 is 2.21. The molecule has 21 heavy (non-hydrogen) atoms. The zero-order valence-electron chi connectivity index (χ0n) is 11.2. The number of rotatable bonds is 5. The van der Waals surface area contributed by atoms with Crippen LogP contribution in [0.4, 0.5) is 5.69 Å². The highest BCUT2D eigenvalue weighted by Crippen LogP contribution is 2.22. The highest BCUT2D eigenvalue weighted by Gasteiger charge is 2.15. The first-order chi connectivity index (χ1) is 9.97. The van der Waals surface area contributed by atoms with Gasteiger partial charge in [0.1, 0.15) is 0 Å². The van der Waals surface area contributed by atoms with Crippen molar-refractivity contribution in [2.24, 2.45) is 7.05 Å². The predicted octanol–water partition coefficient (Wildman–Crippen LogP) is 2.06. The third kappa shape index (κ3) is 3.88. The Hall–Kier alpha value is -2.22. The van der Waals surface area contributed by atoms with E-state index >= 15 is 0 Å². The van der Waals surface area contributed by atoms with Crippen molar-refractivity contribution in [3.05, 3.63) is 56.3 Å². The lowest BCUT2D eigenvalue weighted by Gasteiger charge is -2.06. The van der Waals surface area contributed by atoms with Gasteiger partial charge in [-0.3, -0.25) is 19.6 Å². The molecule has 1 aromatic carbocycles. The Bertz CT molecular complexity index is 684. The van der Waals surface area contributed by atoms with Crippen LogP contribution in [0.5, 0.6) is 0 Å². The Morgan fingerprint density at radius 1 is 1.52 bits per heavy atom. The number of halogens is 1. The molecule has 0 aliphatic heterocycles. The molecule has 1 amide bonds. The summed E-state index contributed by atoms with van der Waals surface area (Å²) >= 11 is 3.22. The molecule has 110 valence electrons. The van der Waals surface area contributed by atoms with Gasteiger partial charge in [0, 0.05) is 36.4 Å². The van der Waals surface area contributed by atoms with Crippen LogP contribution in [0.25, 0.3) is 0 Å². The van der Waals surface area contributed by atoms with Gasteiger partial charge in [0.25, 0.3) is 11.6 Å². The largest absolute Gasteiger partial charge is 0.352 e. The van der Waals surface area contributed by atoms with Crippen molar-refractivity contribution in [3.63, 3.8) is 0 Å². The minimum Gasteiger partial charge on any atom is -0.352 e. The molecule has 2 aromatic rings. The van der Waals surface area contributed by atoms with Crippen LogP contribution in [-0.2, 0) is 13.5 Å². The number of nitro benzene ring substituents is 1. The number of aromatic nitrogens is 2. The van der Waals surface area contributed by atoms with E-state index in [1.165, 1.54) is 18.2 Å². The van der Waals surface area contributed by atoms with Crippen molar-refractivity contribution in [1.82, 2.24) is 15.1 Å². The zero-order valence-corrected chi connectivity index (χ0v) is 12.8. The molecule has 0 aliphatic carbocycles. The van der Waals surface area contributed by atoms with E-state index in [9.17, 15) is 14.9 Å². The lowest BCUT2D eigenvalue weighted by Crippen LogP contribution is -2.26. The molecule has 1 N–H and O–H groups in total. The summed E-state index contributed by atoms with van der Waals surface area (Å²) in [5.41, 5.74) is 1.14. The molecule has 1 aromatic heterocycles. The molecule has 0 saturated heterocycles. The molecule has 0 aliphatic rings. The van der Waals surface area contributed by atoms with Crippen LogP contribution < -0.4 is 5.32 Å². The Morgan fingerprint density at radius 2 is 2.29 bits per heavy atom. The van der Waals surface area contributed by atoms with Gasteiger partial charge in [-0.2, -0.15) is 5.10 Å². The van der Waals surface area contributed by atoms with Crippen LogP contribution >= 0.6 is 15.9 Å². The number of hydrogen-bond acceptors (Lipinski definition) is 4. The average molecular weight is 353 g/mol. The molecule has 0 spiro atoms. The molecule has 0 unspecified atom stereocenters.